The molecule has 1 atom stereocenters. The number of benzene rings is 1. The van der Waals surface area contributed by atoms with Crippen LogP contribution >= 0.6 is 0 Å². The van der Waals surface area contributed by atoms with Crippen LogP contribution in [0, 0.1) is 0 Å². The first-order chi connectivity index (χ1) is 13.6. The fourth-order valence-electron chi connectivity index (χ4n) is 3.32. The average Bonchev–Trinajstić information content (AvgIpc) is 3.36. The molecule has 146 valence electrons. The van der Waals surface area contributed by atoms with Gasteiger partial charge in [-0.1, -0.05) is 12.1 Å². The molecule has 3 aromatic rings. The summed E-state index contributed by atoms with van der Waals surface area (Å²) in [5, 5.41) is 8.15. The molecule has 1 fully saturated rings. The van der Waals surface area contributed by atoms with Gasteiger partial charge in [-0.2, -0.15) is 5.10 Å². The van der Waals surface area contributed by atoms with Crippen LogP contribution < -0.4 is 10.1 Å². The molecule has 7 heteroatoms. The number of hydrogen-bond donors (Lipinski definition) is 1. The van der Waals surface area contributed by atoms with E-state index in [2.05, 4.69) is 29.2 Å². The summed E-state index contributed by atoms with van der Waals surface area (Å²) in [5.74, 6) is 0.317. The molecule has 1 aliphatic heterocycles. The molecular weight excluding hydrogens is 356 g/mol. The zero-order valence-electron chi connectivity index (χ0n) is 16.1. The van der Waals surface area contributed by atoms with Crippen molar-refractivity contribution in [1.29, 1.82) is 0 Å². The number of nitrogens with one attached hydrogen (secondary N) is 1. The summed E-state index contributed by atoms with van der Waals surface area (Å²) in [6.07, 6.45) is 5.55. The van der Waals surface area contributed by atoms with Crippen molar-refractivity contribution in [3.63, 3.8) is 0 Å². The monoisotopic (exact) mass is 380 g/mol. The fraction of sp³-hybridized carbons (Fsp3) is 0.381. The Morgan fingerprint density at radius 3 is 3.00 bits per heavy atom. The van der Waals surface area contributed by atoms with E-state index in [9.17, 15) is 4.79 Å². The Morgan fingerprint density at radius 2 is 2.21 bits per heavy atom. The SMILES string of the molecule is CC(C)n1ncc2cc(NC(=O)c3ccccc3OCC3CCCO3)cnc21. The number of anilines is 1. The molecule has 7 nitrogen and oxygen atoms in total. The third kappa shape index (κ3) is 3.84. The first kappa shape index (κ1) is 18.4. The third-order valence-corrected chi connectivity index (χ3v) is 4.76. The van der Waals surface area contributed by atoms with E-state index in [0.29, 0.717) is 23.6 Å². The molecule has 0 saturated carbocycles. The molecule has 1 N–H and O–H groups in total. The molecule has 0 radical (unpaired) electrons. The number of aromatic nitrogens is 3. The highest BCUT2D eigenvalue weighted by molar-refractivity contribution is 6.06. The summed E-state index contributed by atoms with van der Waals surface area (Å²) in [6.45, 7) is 5.33. The number of amides is 1. The van der Waals surface area contributed by atoms with E-state index < -0.39 is 0 Å². The zero-order valence-corrected chi connectivity index (χ0v) is 16.1. The van der Waals surface area contributed by atoms with Gasteiger partial charge in [0.25, 0.3) is 5.91 Å². The molecular formula is C21H24N4O3. The van der Waals surface area contributed by atoms with Gasteiger partial charge in [0.2, 0.25) is 0 Å². The maximum absolute atomic E-state index is 12.8. The number of fused-ring (bicyclic) bond motifs is 1. The van der Waals surface area contributed by atoms with Crippen LogP contribution in [-0.4, -0.2) is 40.0 Å². The topological polar surface area (TPSA) is 78.3 Å². The number of carbonyl (C=O) groups is 1. The largest absolute Gasteiger partial charge is 0.490 e. The Bertz CT molecular complexity index is 977. The average molecular weight is 380 g/mol. The highest BCUT2D eigenvalue weighted by Gasteiger charge is 2.18. The van der Waals surface area contributed by atoms with E-state index in [4.69, 9.17) is 9.47 Å². The van der Waals surface area contributed by atoms with Gasteiger partial charge < -0.3 is 14.8 Å². The number of carbonyl (C=O) groups excluding carboxylic acids is 1. The standard InChI is InChI=1S/C21H24N4O3/c1-14(2)25-20-15(11-23-25)10-16(12-22-20)24-21(26)18-7-3-4-8-19(18)28-13-17-6-5-9-27-17/h3-4,7-8,10-12,14,17H,5-6,9,13H2,1-2H3,(H,24,26). The summed E-state index contributed by atoms with van der Waals surface area (Å²) < 4.78 is 13.3. The van der Waals surface area contributed by atoms with Crippen LogP contribution in [0.2, 0.25) is 0 Å². The normalized spacial score (nSPS) is 16.6. The molecule has 2 aromatic heterocycles. The molecule has 4 rings (SSSR count). The lowest BCUT2D eigenvalue weighted by Gasteiger charge is -2.14. The number of rotatable bonds is 6. The first-order valence-corrected chi connectivity index (χ1v) is 9.60. The second-order valence-corrected chi connectivity index (χ2v) is 7.22. The molecule has 0 spiro atoms. The van der Waals surface area contributed by atoms with Gasteiger partial charge in [0.05, 0.1) is 29.7 Å². The summed E-state index contributed by atoms with van der Waals surface area (Å²) in [4.78, 5) is 17.3. The van der Waals surface area contributed by atoms with Gasteiger partial charge in [0.15, 0.2) is 5.65 Å². The van der Waals surface area contributed by atoms with Crippen LogP contribution in [0.15, 0.2) is 42.7 Å². The minimum Gasteiger partial charge on any atom is -0.490 e. The molecule has 0 aliphatic carbocycles. The summed E-state index contributed by atoms with van der Waals surface area (Å²) in [5.41, 5.74) is 1.90. The van der Waals surface area contributed by atoms with Gasteiger partial charge in [0, 0.05) is 18.0 Å². The lowest BCUT2D eigenvalue weighted by molar-refractivity contribution is 0.0673. The summed E-state index contributed by atoms with van der Waals surface area (Å²) >= 11 is 0. The Hall–Kier alpha value is -2.93. The Balaban J connectivity index is 1.49. The lowest BCUT2D eigenvalue weighted by atomic mass is 10.2. The van der Waals surface area contributed by atoms with Crippen LogP contribution in [0.25, 0.3) is 11.0 Å². The predicted molar refractivity (Wildman–Crippen MR) is 107 cm³/mol. The van der Waals surface area contributed by atoms with Crippen molar-refractivity contribution in [2.45, 2.75) is 38.8 Å². The van der Waals surface area contributed by atoms with Crippen LogP contribution in [-0.2, 0) is 4.74 Å². The smallest absolute Gasteiger partial charge is 0.259 e. The highest BCUT2D eigenvalue weighted by Crippen LogP contribution is 2.23. The van der Waals surface area contributed by atoms with Crippen molar-refractivity contribution in [3.05, 3.63) is 48.3 Å². The number of para-hydroxylation sites is 1. The van der Waals surface area contributed by atoms with E-state index in [-0.39, 0.29) is 18.1 Å². The Kier molecular flexibility index (Phi) is 5.25. The van der Waals surface area contributed by atoms with Crippen LogP contribution in [0.3, 0.4) is 0 Å². The van der Waals surface area contributed by atoms with E-state index in [1.165, 1.54) is 0 Å². The molecule has 3 heterocycles. The van der Waals surface area contributed by atoms with Gasteiger partial charge in [-0.25, -0.2) is 9.67 Å². The maximum atomic E-state index is 12.8. The summed E-state index contributed by atoms with van der Waals surface area (Å²) in [7, 11) is 0. The van der Waals surface area contributed by atoms with Crippen molar-refractivity contribution in [1.82, 2.24) is 14.8 Å². The lowest BCUT2D eigenvalue weighted by Crippen LogP contribution is -2.19. The van der Waals surface area contributed by atoms with Crippen molar-refractivity contribution in [3.8, 4) is 5.75 Å². The van der Waals surface area contributed by atoms with E-state index >= 15 is 0 Å². The number of hydrogen-bond acceptors (Lipinski definition) is 5. The van der Waals surface area contributed by atoms with Gasteiger partial charge in [-0.15, -0.1) is 0 Å². The second kappa shape index (κ2) is 7.98. The van der Waals surface area contributed by atoms with E-state index in [0.717, 1.165) is 30.5 Å². The molecule has 0 bridgehead atoms. The number of nitrogens with zero attached hydrogens (tertiary/aromatic N) is 3. The number of ether oxygens (including phenoxy) is 2. The molecule has 1 saturated heterocycles. The van der Waals surface area contributed by atoms with Gasteiger partial charge in [-0.05, 0) is 44.9 Å². The van der Waals surface area contributed by atoms with E-state index in [1.54, 1.807) is 24.5 Å². The molecule has 28 heavy (non-hydrogen) atoms. The zero-order chi connectivity index (χ0) is 19.5. The quantitative estimate of drug-likeness (QED) is 0.703. The van der Waals surface area contributed by atoms with Crippen LogP contribution in [0.1, 0.15) is 43.1 Å². The molecule has 1 aromatic carbocycles. The second-order valence-electron chi connectivity index (χ2n) is 7.22. The van der Waals surface area contributed by atoms with Crippen LogP contribution in [0.4, 0.5) is 5.69 Å². The Labute approximate surface area is 163 Å². The van der Waals surface area contributed by atoms with Crippen molar-refractivity contribution in [2.75, 3.05) is 18.5 Å². The minimum atomic E-state index is -0.236. The highest BCUT2D eigenvalue weighted by atomic mass is 16.5. The van der Waals surface area contributed by atoms with Gasteiger partial charge in [0.1, 0.15) is 12.4 Å². The van der Waals surface area contributed by atoms with Crippen molar-refractivity contribution in [2.24, 2.45) is 0 Å². The van der Waals surface area contributed by atoms with Gasteiger partial charge in [-0.3, -0.25) is 4.79 Å². The van der Waals surface area contributed by atoms with Crippen molar-refractivity contribution < 1.29 is 14.3 Å². The first-order valence-electron chi connectivity index (χ1n) is 9.60. The molecule has 1 aliphatic rings. The third-order valence-electron chi connectivity index (χ3n) is 4.76. The summed E-state index contributed by atoms with van der Waals surface area (Å²) in [6, 6.07) is 9.33. The van der Waals surface area contributed by atoms with Crippen LogP contribution in [0.5, 0.6) is 5.75 Å². The molecule has 1 unspecified atom stereocenters. The minimum absolute atomic E-state index is 0.0974. The molecule has 1 amide bonds. The van der Waals surface area contributed by atoms with Crippen molar-refractivity contribution >= 4 is 22.6 Å². The van der Waals surface area contributed by atoms with E-state index in [1.807, 2.05) is 22.9 Å². The number of pyridine rings is 1. The van der Waals surface area contributed by atoms with Gasteiger partial charge >= 0.3 is 0 Å². The fourth-order valence-corrected chi connectivity index (χ4v) is 3.32. The maximum Gasteiger partial charge on any atom is 0.259 e. The Morgan fingerprint density at radius 1 is 1.36 bits per heavy atom. The predicted octanol–water partition coefficient (Wildman–Crippen LogP) is 3.82.